The van der Waals surface area contributed by atoms with E-state index in [1.165, 1.54) is 57.9 Å². The molecule has 0 saturated carbocycles. The maximum atomic E-state index is 2.35. The molecule has 3 heteroatoms. The Morgan fingerprint density at radius 2 is 1.26 bits per heavy atom. The van der Waals surface area contributed by atoms with Gasteiger partial charge in [-0.15, -0.1) is 0 Å². The van der Waals surface area contributed by atoms with Crippen molar-refractivity contribution in [1.29, 1.82) is 0 Å². The van der Waals surface area contributed by atoms with Crippen molar-refractivity contribution in [2.24, 2.45) is 0 Å². The minimum atomic E-state index is 0. The van der Waals surface area contributed by atoms with Gasteiger partial charge in [0.2, 0.25) is 0 Å². The van der Waals surface area contributed by atoms with E-state index in [-0.39, 0.29) is 17.0 Å². The maximum absolute atomic E-state index is 2.35. The van der Waals surface area contributed by atoms with Gasteiger partial charge in [0.25, 0.3) is 0 Å². The van der Waals surface area contributed by atoms with Crippen LogP contribution in [0, 0.1) is 0 Å². The van der Waals surface area contributed by atoms with Crippen molar-refractivity contribution >= 4 is 0 Å². The van der Waals surface area contributed by atoms with Gasteiger partial charge in [-0.1, -0.05) is 45.4 Å². The lowest BCUT2D eigenvalue weighted by Gasteiger charge is -2.39. The lowest BCUT2D eigenvalue weighted by atomic mass is 10.1. The number of quaternary nitrogens is 1. The average Bonchev–Trinajstić information content (AvgIpc) is 2.31. The second kappa shape index (κ2) is 12.2. The predicted octanol–water partition coefficient (Wildman–Crippen LogP) is 1.12. The van der Waals surface area contributed by atoms with Gasteiger partial charge in [-0.05, 0) is 26.9 Å². The van der Waals surface area contributed by atoms with Crippen LogP contribution < -0.4 is 17.0 Å². The number of rotatable bonds is 11. The summed E-state index contributed by atoms with van der Waals surface area (Å²) in [6.45, 7) is 5.91. The second-order valence-electron chi connectivity index (χ2n) is 6.57. The molecule has 0 radical (unpaired) electrons. The zero-order chi connectivity index (χ0) is 14.0. The summed E-state index contributed by atoms with van der Waals surface area (Å²) in [5.74, 6) is 0. The fraction of sp³-hybridized carbons (Fsp3) is 1.00. The number of hydrogen-bond acceptors (Lipinski definition) is 1. The van der Waals surface area contributed by atoms with Crippen LogP contribution in [0.1, 0.15) is 65.2 Å². The van der Waals surface area contributed by atoms with E-state index in [0.29, 0.717) is 6.17 Å². The van der Waals surface area contributed by atoms with Crippen molar-refractivity contribution in [2.75, 3.05) is 34.7 Å². The molecule has 0 aromatic rings. The Labute approximate surface area is 132 Å². The van der Waals surface area contributed by atoms with Crippen LogP contribution in [0.25, 0.3) is 0 Å². The lowest BCUT2D eigenvalue weighted by Crippen LogP contribution is -3.00. The first-order valence-electron chi connectivity index (χ1n) is 7.91. The van der Waals surface area contributed by atoms with Crippen LogP contribution in [0.3, 0.4) is 0 Å². The van der Waals surface area contributed by atoms with Crippen molar-refractivity contribution < 1.29 is 21.5 Å². The summed E-state index contributed by atoms with van der Waals surface area (Å²) < 4.78 is 1.11. The normalized spacial score (nSPS) is 13.4. The first-order chi connectivity index (χ1) is 8.41. The van der Waals surface area contributed by atoms with E-state index in [4.69, 9.17) is 0 Å². The highest BCUT2D eigenvalue weighted by atomic mass is 79.9. The highest BCUT2D eigenvalue weighted by molar-refractivity contribution is 4.49. The Bertz CT molecular complexity index is 193. The fourth-order valence-corrected chi connectivity index (χ4v) is 2.47. The van der Waals surface area contributed by atoms with Crippen LogP contribution in [-0.4, -0.2) is 50.3 Å². The van der Waals surface area contributed by atoms with Gasteiger partial charge >= 0.3 is 0 Å². The Kier molecular flexibility index (Phi) is 13.9. The van der Waals surface area contributed by atoms with Crippen molar-refractivity contribution in [3.8, 4) is 0 Å². The summed E-state index contributed by atoms with van der Waals surface area (Å²) in [5.41, 5.74) is 0. The predicted molar refractivity (Wildman–Crippen MR) is 82.7 cm³/mol. The summed E-state index contributed by atoms with van der Waals surface area (Å²) in [5, 5.41) is 0. The van der Waals surface area contributed by atoms with Gasteiger partial charge < -0.3 is 21.5 Å². The molecule has 2 nitrogen and oxygen atoms in total. The van der Waals surface area contributed by atoms with Gasteiger partial charge in [-0.3, -0.25) is 4.90 Å². The van der Waals surface area contributed by atoms with E-state index in [1.807, 2.05) is 0 Å². The Morgan fingerprint density at radius 1 is 0.842 bits per heavy atom. The Balaban J connectivity index is 0. The summed E-state index contributed by atoms with van der Waals surface area (Å²) in [6, 6.07) is 0. The molecular weight excluding hydrogens is 300 g/mol. The SMILES string of the molecule is CCCCCCCCCC[N+](C)(C)C(C)N(C)C.[Br-]. The lowest BCUT2D eigenvalue weighted by molar-refractivity contribution is -0.924. The van der Waals surface area contributed by atoms with Crippen LogP contribution in [-0.2, 0) is 0 Å². The molecule has 0 bridgehead atoms. The van der Waals surface area contributed by atoms with Crippen LogP contribution in [0.15, 0.2) is 0 Å². The molecule has 0 aliphatic rings. The number of unbranched alkanes of at least 4 members (excludes halogenated alkanes) is 7. The van der Waals surface area contributed by atoms with E-state index in [0.717, 1.165) is 4.48 Å². The number of halogens is 1. The van der Waals surface area contributed by atoms with Crippen LogP contribution >= 0.6 is 0 Å². The van der Waals surface area contributed by atoms with Gasteiger partial charge in [0, 0.05) is 6.92 Å². The van der Waals surface area contributed by atoms with Crippen molar-refractivity contribution in [2.45, 2.75) is 71.4 Å². The largest absolute Gasteiger partial charge is 1.00 e. The molecule has 0 aliphatic heterocycles. The first-order valence-corrected chi connectivity index (χ1v) is 7.91. The molecule has 0 aromatic heterocycles. The molecule has 0 rings (SSSR count). The van der Waals surface area contributed by atoms with Gasteiger partial charge in [0.15, 0.2) is 0 Å². The highest BCUT2D eigenvalue weighted by Crippen LogP contribution is 2.13. The topological polar surface area (TPSA) is 3.24 Å². The van der Waals surface area contributed by atoms with E-state index in [2.05, 4.69) is 46.9 Å². The summed E-state index contributed by atoms with van der Waals surface area (Å²) in [6.07, 6.45) is 11.9. The number of hydrogen-bond donors (Lipinski definition) is 0. The molecule has 0 fully saturated rings. The third kappa shape index (κ3) is 10.8. The minimum Gasteiger partial charge on any atom is -1.00 e. The van der Waals surface area contributed by atoms with Gasteiger partial charge in [0.05, 0.1) is 20.6 Å². The van der Waals surface area contributed by atoms with E-state index in [9.17, 15) is 0 Å². The summed E-state index contributed by atoms with van der Waals surface area (Å²) in [7, 11) is 9.06. The summed E-state index contributed by atoms with van der Waals surface area (Å²) >= 11 is 0. The molecule has 0 aliphatic carbocycles. The zero-order valence-corrected chi connectivity index (χ0v) is 15.8. The first kappa shape index (κ1) is 21.7. The monoisotopic (exact) mass is 336 g/mol. The standard InChI is InChI=1S/C16H37N2.BrH/c1-7-8-9-10-11-12-13-14-15-18(5,6)16(2)17(3)4;/h16H,7-15H2,1-6H3;1H/q+1;/p-1. The molecule has 0 heterocycles. The third-order valence-corrected chi connectivity index (χ3v) is 4.35. The van der Waals surface area contributed by atoms with Crippen molar-refractivity contribution in [1.82, 2.24) is 4.90 Å². The smallest absolute Gasteiger partial charge is 0.141 e. The quantitative estimate of drug-likeness (QED) is 0.310. The van der Waals surface area contributed by atoms with E-state index < -0.39 is 0 Å². The van der Waals surface area contributed by atoms with Crippen LogP contribution in [0.5, 0.6) is 0 Å². The number of nitrogens with zero attached hydrogens (tertiary/aromatic N) is 2. The molecule has 118 valence electrons. The highest BCUT2D eigenvalue weighted by Gasteiger charge is 2.24. The maximum Gasteiger partial charge on any atom is 0.141 e. The van der Waals surface area contributed by atoms with Crippen molar-refractivity contribution in [3.05, 3.63) is 0 Å². The van der Waals surface area contributed by atoms with Gasteiger partial charge in [-0.25, -0.2) is 0 Å². The molecule has 1 atom stereocenters. The third-order valence-electron chi connectivity index (χ3n) is 4.35. The second-order valence-corrected chi connectivity index (χ2v) is 6.57. The molecule has 19 heavy (non-hydrogen) atoms. The summed E-state index contributed by atoms with van der Waals surface area (Å²) in [4.78, 5) is 2.32. The van der Waals surface area contributed by atoms with Crippen LogP contribution in [0.4, 0.5) is 0 Å². The molecule has 0 spiro atoms. The van der Waals surface area contributed by atoms with E-state index in [1.54, 1.807) is 0 Å². The van der Waals surface area contributed by atoms with Gasteiger partial charge in [0.1, 0.15) is 6.17 Å². The Morgan fingerprint density at radius 3 is 1.68 bits per heavy atom. The molecule has 0 saturated heterocycles. The van der Waals surface area contributed by atoms with E-state index >= 15 is 0 Å². The fourth-order valence-electron chi connectivity index (χ4n) is 2.47. The molecule has 0 amide bonds. The average molecular weight is 337 g/mol. The molecular formula is C16H37BrN2. The van der Waals surface area contributed by atoms with Crippen LogP contribution in [0.2, 0.25) is 0 Å². The molecule has 1 unspecified atom stereocenters. The van der Waals surface area contributed by atoms with Gasteiger partial charge in [-0.2, -0.15) is 0 Å². The molecule has 0 N–H and O–H groups in total. The Hall–Kier alpha value is 0.400. The van der Waals surface area contributed by atoms with Crippen molar-refractivity contribution in [3.63, 3.8) is 0 Å². The molecule has 0 aromatic carbocycles. The zero-order valence-electron chi connectivity index (χ0n) is 14.2. The minimum absolute atomic E-state index is 0.